The van der Waals surface area contributed by atoms with Crippen molar-refractivity contribution < 1.29 is 19.4 Å². The third-order valence-corrected chi connectivity index (χ3v) is 4.75. The number of methoxy groups -OCH3 is 1. The van der Waals surface area contributed by atoms with E-state index in [9.17, 15) is 9.90 Å². The van der Waals surface area contributed by atoms with Crippen molar-refractivity contribution in [2.75, 3.05) is 19.1 Å². The molecule has 6 nitrogen and oxygen atoms in total. The molecule has 2 aromatic carbocycles. The first-order valence-corrected chi connectivity index (χ1v) is 9.15. The molecule has 0 aliphatic carbocycles. The Bertz CT molecular complexity index is 811. The maximum Gasteiger partial charge on any atom is 0.338 e. The van der Waals surface area contributed by atoms with Crippen molar-refractivity contribution in [3.05, 3.63) is 49.5 Å². The van der Waals surface area contributed by atoms with Gasteiger partial charge >= 0.3 is 5.97 Å². The lowest BCUT2D eigenvalue weighted by atomic mass is 10.2. The average molecular weight is 519 g/mol. The Morgan fingerprint density at radius 1 is 1.40 bits per heavy atom. The van der Waals surface area contributed by atoms with Crippen LogP contribution in [0.2, 0.25) is 0 Å². The quantitative estimate of drug-likeness (QED) is 0.256. The monoisotopic (exact) mass is 518 g/mol. The number of halogens is 2. The van der Waals surface area contributed by atoms with Gasteiger partial charge in [0.2, 0.25) is 0 Å². The molecular formula is C17H16BrIN2O4. The van der Waals surface area contributed by atoms with Gasteiger partial charge in [-0.05, 0) is 75.8 Å². The average Bonchev–Trinajstić information content (AvgIpc) is 2.58. The highest BCUT2D eigenvalue weighted by molar-refractivity contribution is 14.1. The van der Waals surface area contributed by atoms with E-state index >= 15 is 0 Å². The van der Waals surface area contributed by atoms with Crippen molar-refractivity contribution in [2.45, 2.75) is 6.92 Å². The molecule has 2 rings (SSSR count). The third kappa shape index (κ3) is 5.08. The summed E-state index contributed by atoms with van der Waals surface area (Å²) in [4.78, 5) is 11.7. The molecule has 0 unspecified atom stereocenters. The number of rotatable bonds is 6. The van der Waals surface area contributed by atoms with Gasteiger partial charge in [0.05, 0.1) is 31.2 Å². The molecule has 0 heterocycles. The number of ether oxygens (including phenoxy) is 2. The van der Waals surface area contributed by atoms with E-state index in [-0.39, 0.29) is 11.7 Å². The number of carbonyl (C=O) groups excluding carboxylic acids is 1. The highest BCUT2D eigenvalue weighted by atomic mass is 127. The number of nitrogens with one attached hydrogen (secondary N) is 1. The first-order chi connectivity index (χ1) is 12.0. The molecule has 8 heteroatoms. The van der Waals surface area contributed by atoms with Crippen LogP contribution in [0.4, 0.5) is 5.69 Å². The smallest absolute Gasteiger partial charge is 0.338 e. The number of carbonyl (C=O) groups is 1. The zero-order chi connectivity index (χ0) is 18.4. The second-order valence-electron chi connectivity index (χ2n) is 4.83. The summed E-state index contributed by atoms with van der Waals surface area (Å²) in [5.41, 5.74) is 4.91. The van der Waals surface area contributed by atoms with Crippen LogP contribution in [0.1, 0.15) is 22.8 Å². The first kappa shape index (κ1) is 19.5. The highest BCUT2D eigenvalue weighted by Gasteiger charge is 2.09. The fourth-order valence-corrected chi connectivity index (χ4v) is 3.01. The van der Waals surface area contributed by atoms with E-state index in [1.54, 1.807) is 37.4 Å². The van der Waals surface area contributed by atoms with Gasteiger partial charge < -0.3 is 14.6 Å². The van der Waals surface area contributed by atoms with Crippen molar-refractivity contribution in [2.24, 2.45) is 5.10 Å². The first-order valence-electron chi connectivity index (χ1n) is 7.28. The molecule has 0 aliphatic rings. The van der Waals surface area contributed by atoms with Gasteiger partial charge in [0.25, 0.3) is 0 Å². The number of hydrogen-bond donors (Lipinski definition) is 2. The summed E-state index contributed by atoms with van der Waals surface area (Å²) in [6.07, 6.45) is 1.60. The predicted octanol–water partition coefficient (Wildman–Crippen LogP) is 4.39. The number of hydrazone groups is 1. The van der Waals surface area contributed by atoms with E-state index in [2.05, 4.69) is 49.0 Å². The Balaban J connectivity index is 2.13. The molecule has 0 aliphatic heterocycles. The van der Waals surface area contributed by atoms with Crippen molar-refractivity contribution >= 4 is 56.4 Å². The Kier molecular flexibility index (Phi) is 7.06. The van der Waals surface area contributed by atoms with E-state index in [0.29, 0.717) is 22.4 Å². The second-order valence-corrected chi connectivity index (χ2v) is 6.85. The summed E-state index contributed by atoms with van der Waals surface area (Å²) in [6.45, 7) is 2.11. The lowest BCUT2D eigenvalue weighted by Crippen LogP contribution is -2.05. The predicted molar refractivity (Wildman–Crippen MR) is 109 cm³/mol. The topological polar surface area (TPSA) is 80.2 Å². The van der Waals surface area contributed by atoms with Crippen LogP contribution in [0.25, 0.3) is 0 Å². The summed E-state index contributed by atoms with van der Waals surface area (Å²) >= 11 is 5.48. The van der Waals surface area contributed by atoms with E-state index in [1.807, 2.05) is 0 Å². The largest absolute Gasteiger partial charge is 0.504 e. The number of phenols is 1. The molecule has 0 radical (unpaired) electrons. The number of aromatic hydroxyl groups is 1. The van der Waals surface area contributed by atoms with Crippen LogP contribution < -0.4 is 10.2 Å². The third-order valence-electron chi connectivity index (χ3n) is 3.17. The number of phenolic OH excluding ortho intramolecular Hbond substituents is 1. The van der Waals surface area contributed by atoms with Gasteiger partial charge in [-0.1, -0.05) is 0 Å². The number of nitrogens with zero attached hydrogens (tertiary/aromatic N) is 1. The number of hydrogen-bond acceptors (Lipinski definition) is 6. The summed E-state index contributed by atoms with van der Waals surface area (Å²) in [7, 11) is 1.48. The fourth-order valence-electron chi connectivity index (χ4n) is 1.94. The maximum absolute atomic E-state index is 11.7. The minimum absolute atomic E-state index is 0.0450. The molecular weight excluding hydrogens is 503 g/mol. The van der Waals surface area contributed by atoms with Gasteiger partial charge in [0.15, 0.2) is 11.5 Å². The van der Waals surface area contributed by atoms with Gasteiger partial charge in [-0.2, -0.15) is 5.10 Å². The van der Waals surface area contributed by atoms with Crippen LogP contribution in [0.5, 0.6) is 11.5 Å². The van der Waals surface area contributed by atoms with Crippen LogP contribution in [0, 0.1) is 3.57 Å². The number of anilines is 1. The van der Waals surface area contributed by atoms with Crippen molar-refractivity contribution in [1.82, 2.24) is 0 Å². The van der Waals surface area contributed by atoms with E-state index < -0.39 is 0 Å². The standard InChI is InChI=1S/C17H16BrIN2O4/c1-3-25-17(23)10-4-5-14(13(19)6-10)21-20-9-11-7-16(24-2)15(22)8-12(11)18/h4-9,21-22H,3H2,1-2H3/b20-9-. The molecule has 0 bridgehead atoms. The van der Waals surface area contributed by atoms with Gasteiger partial charge in [-0.3, -0.25) is 5.43 Å². The van der Waals surface area contributed by atoms with Crippen LogP contribution in [0.3, 0.4) is 0 Å². The summed E-state index contributed by atoms with van der Waals surface area (Å²) in [6, 6.07) is 8.38. The van der Waals surface area contributed by atoms with Crippen molar-refractivity contribution in [1.29, 1.82) is 0 Å². The molecule has 0 aromatic heterocycles. The SMILES string of the molecule is CCOC(=O)c1ccc(N/N=C\c2cc(OC)c(O)cc2Br)c(I)c1. The molecule has 2 N–H and O–H groups in total. The Labute approximate surface area is 167 Å². The minimum atomic E-state index is -0.351. The van der Waals surface area contributed by atoms with Crippen LogP contribution in [-0.2, 0) is 4.74 Å². The molecule has 132 valence electrons. The second kappa shape index (κ2) is 9.04. The molecule has 2 aromatic rings. The summed E-state index contributed by atoms with van der Waals surface area (Å²) < 4.78 is 11.6. The Hall–Kier alpha value is -1.81. The van der Waals surface area contributed by atoms with E-state index in [1.165, 1.54) is 13.2 Å². The zero-order valence-corrected chi connectivity index (χ0v) is 17.3. The molecule has 0 spiro atoms. The van der Waals surface area contributed by atoms with E-state index in [0.717, 1.165) is 14.8 Å². The fraction of sp³-hybridized carbons (Fsp3) is 0.176. The van der Waals surface area contributed by atoms with E-state index in [4.69, 9.17) is 9.47 Å². The van der Waals surface area contributed by atoms with Crippen molar-refractivity contribution in [3.8, 4) is 11.5 Å². The molecule has 0 fully saturated rings. The Morgan fingerprint density at radius 2 is 2.16 bits per heavy atom. The minimum Gasteiger partial charge on any atom is -0.504 e. The van der Waals surface area contributed by atoms with Crippen LogP contribution in [-0.4, -0.2) is 31.0 Å². The number of esters is 1. The van der Waals surface area contributed by atoms with Gasteiger partial charge in [0, 0.05) is 13.6 Å². The molecule has 0 amide bonds. The van der Waals surface area contributed by atoms with Gasteiger partial charge in [0.1, 0.15) is 0 Å². The zero-order valence-electron chi connectivity index (χ0n) is 13.5. The van der Waals surface area contributed by atoms with Crippen LogP contribution in [0.15, 0.2) is 39.9 Å². The van der Waals surface area contributed by atoms with Gasteiger partial charge in [-0.25, -0.2) is 4.79 Å². The molecule has 0 saturated heterocycles. The molecule has 0 atom stereocenters. The molecule has 25 heavy (non-hydrogen) atoms. The highest BCUT2D eigenvalue weighted by Crippen LogP contribution is 2.31. The lowest BCUT2D eigenvalue weighted by Gasteiger charge is -2.08. The Morgan fingerprint density at radius 3 is 2.80 bits per heavy atom. The van der Waals surface area contributed by atoms with Crippen molar-refractivity contribution in [3.63, 3.8) is 0 Å². The molecule has 0 saturated carbocycles. The summed E-state index contributed by atoms with van der Waals surface area (Å²) in [5, 5.41) is 13.9. The lowest BCUT2D eigenvalue weighted by molar-refractivity contribution is 0.0526. The normalized spacial score (nSPS) is 10.7. The van der Waals surface area contributed by atoms with Gasteiger partial charge in [-0.15, -0.1) is 0 Å². The van der Waals surface area contributed by atoms with Crippen LogP contribution >= 0.6 is 38.5 Å². The maximum atomic E-state index is 11.7. The number of benzene rings is 2. The summed E-state index contributed by atoms with van der Waals surface area (Å²) in [5.74, 6) is 0.0530.